The van der Waals surface area contributed by atoms with Gasteiger partial charge in [0.15, 0.2) is 5.96 Å². The minimum atomic E-state index is 0.159. The van der Waals surface area contributed by atoms with Crippen LogP contribution in [-0.4, -0.2) is 68.3 Å². The Morgan fingerprint density at radius 2 is 1.96 bits per heavy atom. The second-order valence-corrected chi connectivity index (χ2v) is 5.21. The molecule has 0 spiro atoms. The molecule has 10 nitrogen and oxygen atoms in total. The van der Waals surface area contributed by atoms with Crippen LogP contribution in [0.25, 0.3) is 0 Å². The van der Waals surface area contributed by atoms with E-state index >= 15 is 0 Å². The molecule has 1 saturated heterocycles. The van der Waals surface area contributed by atoms with E-state index in [0.29, 0.717) is 19.0 Å². The fourth-order valence-electron chi connectivity index (χ4n) is 2.41. The summed E-state index contributed by atoms with van der Waals surface area (Å²) in [5.74, 6) is 1.42. The molecule has 2 aromatic heterocycles. The van der Waals surface area contributed by atoms with Crippen molar-refractivity contribution < 1.29 is 0 Å². The SMILES string of the molecule is N#Cc1ncn(CCN=C(N)N2CCN(c3ncccn3)CC2)n1. The first kappa shape index (κ1) is 15.7. The summed E-state index contributed by atoms with van der Waals surface area (Å²) in [6.45, 7) is 4.17. The number of aromatic nitrogens is 5. The number of hydrogen-bond acceptors (Lipinski definition) is 7. The zero-order valence-corrected chi connectivity index (χ0v) is 13.2. The van der Waals surface area contributed by atoms with Crippen molar-refractivity contribution in [1.29, 1.82) is 5.26 Å². The van der Waals surface area contributed by atoms with E-state index in [9.17, 15) is 0 Å². The van der Waals surface area contributed by atoms with Crippen LogP contribution < -0.4 is 10.6 Å². The highest BCUT2D eigenvalue weighted by Gasteiger charge is 2.19. The number of aliphatic imine (C=N–C) groups is 1. The van der Waals surface area contributed by atoms with Gasteiger partial charge in [0, 0.05) is 38.6 Å². The molecule has 1 aliphatic rings. The first-order valence-corrected chi connectivity index (χ1v) is 7.62. The van der Waals surface area contributed by atoms with Gasteiger partial charge in [-0.2, -0.15) is 5.26 Å². The summed E-state index contributed by atoms with van der Waals surface area (Å²) in [6, 6.07) is 3.69. The monoisotopic (exact) mass is 326 g/mol. The molecule has 24 heavy (non-hydrogen) atoms. The fourth-order valence-corrected chi connectivity index (χ4v) is 2.41. The lowest BCUT2D eigenvalue weighted by Crippen LogP contribution is -2.51. The average Bonchev–Trinajstić information content (AvgIpc) is 3.10. The van der Waals surface area contributed by atoms with Crippen molar-refractivity contribution in [2.75, 3.05) is 37.6 Å². The van der Waals surface area contributed by atoms with E-state index in [1.165, 1.54) is 6.33 Å². The maximum absolute atomic E-state index is 8.68. The molecule has 0 atom stereocenters. The summed E-state index contributed by atoms with van der Waals surface area (Å²) in [5.41, 5.74) is 6.06. The molecule has 0 unspecified atom stereocenters. The molecule has 1 aliphatic heterocycles. The molecule has 1 fully saturated rings. The van der Waals surface area contributed by atoms with Crippen LogP contribution in [0.15, 0.2) is 29.8 Å². The molecule has 0 radical (unpaired) electrons. The zero-order valence-electron chi connectivity index (χ0n) is 13.2. The van der Waals surface area contributed by atoms with E-state index in [4.69, 9.17) is 11.0 Å². The highest BCUT2D eigenvalue weighted by atomic mass is 15.4. The van der Waals surface area contributed by atoms with Crippen molar-refractivity contribution in [3.8, 4) is 6.07 Å². The van der Waals surface area contributed by atoms with Crippen LogP contribution in [0.3, 0.4) is 0 Å². The number of hydrogen-bond donors (Lipinski definition) is 1. The number of anilines is 1. The van der Waals surface area contributed by atoms with Gasteiger partial charge in [-0.1, -0.05) is 0 Å². The van der Waals surface area contributed by atoms with Crippen molar-refractivity contribution in [2.24, 2.45) is 10.7 Å². The average molecular weight is 326 g/mol. The number of rotatable bonds is 4. The highest BCUT2D eigenvalue weighted by molar-refractivity contribution is 5.78. The van der Waals surface area contributed by atoms with Crippen LogP contribution in [0.1, 0.15) is 5.82 Å². The van der Waals surface area contributed by atoms with E-state index in [-0.39, 0.29) is 5.82 Å². The lowest BCUT2D eigenvalue weighted by Gasteiger charge is -2.35. The van der Waals surface area contributed by atoms with Crippen molar-refractivity contribution >= 4 is 11.9 Å². The number of nitriles is 1. The van der Waals surface area contributed by atoms with Crippen molar-refractivity contribution in [3.05, 3.63) is 30.6 Å². The van der Waals surface area contributed by atoms with Gasteiger partial charge in [-0.25, -0.2) is 19.6 Å². The lowest BCUT2D eigenvalue weighted by molar-refractivity contribution is 0.377. The smallest absolute Gasteiger partial charge is 0.252 e. The fraction of sp³-hybridized carbons (Fsp3) is 0.429. The van der Waals surface area contributed by atoms with Gasteiger partial charge in [-0.15, -0.1) is 5.10 Å². The molecule has 2 N–H and O–H groups in total. The number of guanidine groups is 1. The standard InChI is InChI=1S/C14H18N10/c15-10-12-20-11-24(21-12)5-4-17-13(16)22-6-8-23(9-7-22)14-18-2-1-3-19-14/h1-3,11H,4-9H2,(H2,16,17). The summed E-state index contributed by atoms with van der Waals surface area (Å²) in [4.78, 5) is 20.9. The van der Waals surface area contributed by atoms with Crippen LogP contribution in [0.2, 0.25) is 0 Å². The van der Waals surface area contributed by atoms with Crippen LogP contribution in [0, 0.1) is 11.3 Å². The van der Waals surface area contributed by atoms with Crippen LogP contribution in [0.4, 0.5) is 5.95 Å². The van der Waals surface area contributed by atoms with Gasteiger partial charge >= 0.3 is 0 Å². The largest absolute Gasteiger partial charge is 0.370 e. The van der Waals surface area contributed by atoms with E-state index in [1.807, 2.05) is 11.0 Å². The van der Waals surface area contributed by atoms with Gasteiger partial charge in [-0.05, 0) is 6.07 Å². The Balaban J connectivity index is 1.47. The quantitative estimate of drug-likeness (QED) is 0.564. The molecule has 3 heterocycles. The third-order valence-corrected chi connectivity index (χ3v) is 3.68. The maximum Gasteiger partial charge on any atom is 0.252 e. The summed E-state index contributed by atoms with van der Waals surface area (Å²) in [7, 11) is 0. The molecular formula is C14H18N10. The minimum absolute atomic E-state index is 0.159. The van der Waals surface area contributed by atoms with Crippen molar-refractivity contribution in [1.82, 2.24) is 29.6 Å². The van der Waals surface area contributed by atoms with Crippen molar-refractivity contribution in [3.63, 3.8) is 0 Å². The van der Waals surface area contributed by atoms with Crippen molar-refractivity contribution in [2.45, 2.75) is 6.54 Å². The molecule has 0 saturated carbocycles. The number of nitrogens with two attached hydrogens (primary N) is 1. The predicted molar refractivity (Wildman–Crippen MR) is 87.0 cm³/mol. The Labute approximate surface area is 139 Å². The molecule has 0 bridgehead atoms. The zero-order chi connectivity index (χ0) is 16.8. The molecule has 0 aliphatic carbocycles. The molecule has 124 valence electrons. The van der Waals surface area contributed by atoms with Gasteiger partial charge < -0.3 is 15.5 Å². The van der Waals surface area contributed by atoms with Crippen LogP contribution in [-0.2, 0) is 6.54 Å². The van der Waals surface area contributed by atoms with E-state index in [1.54, 1.807) is 23.1 Å². The Bertz CT molecular complexity index is 724. The Morgan fingerprint density at radius 3 is 2.62 bits per heavy atom. The molecule has 3 rings (SSSR count). The van der Waals surface area contributed by atoms with E-state index in [0.717, 1.165) is 32.1 Å². The van der Waals surface area contributed by atoms with E-state index in [2.05, 4.69) is 29.9 Å². The Kier molecular flexibility index (Phi) is 4.81. The maximum atomic E-state index is 8.68. The molecule has 10 heteroatoms. The summed E-state index contributed by atoms with van der Waals surface area (Å²) in [5, 5.41) is 12.7. The summed E-state index contributed by atoms with van der Waals surface area (Å²) in [6.07, 6.45) is 5.00. The second kappa shape index (κ2) is 7.36. The first-order chi connectivity index (χ1) is 11.8. The van der Waals surface area contributed by atoms with Crippen LogP contribution in [0.5, 0.6) is 0 Å². The van der Waals surface area contributed by atoms with Gasteiger partial charge in [0.2, 0.25) is 5.95 Å². The highest BCUT2D eigenvalue weighted by Crippen LogP contribution is 2.09. The third kappa shape index (κ3) is 3.75. The minimum Gasteiger partial charge on any atom is -0.370 e. The Morgan fingerprint density at radius 1 is 1.21 bits per heavy atom. The lowest BCUT2D eigenvalue weighted by atomic mass is 10.3. The molecular weight excluding hydrogens is 308 g/mol. The first-order valence-electron chi connectivity index (χ1n) is 7.62. The summed E-state index contributed by atoms with van der Waals surface area (Å²) < 4.78 is 1.58. The van der Waals surface area contributed by atoms with Gasteiger partial charge in [0.25, 0.3) is 5.82 Å². The topological polar surface area (TPSA) is 125 Å². The summed E-state index contributed by atoms with van der Waals surface area (Å²) >= 11 is 0. The van der Waals surface area contributed by atoms with Gasteiger partial charge in [-0.3, -0.25) is 4.99 Å². The van der Waals surface area contributed by atoms with Gasteiger partial charge in [0.1, 0.15) is 12.4 Å². The predicted octanol–water partition coefficient (Wildman–Crippen LogP) is -0.923. The molecule has 0 aromatic carbocycles. The van der Waals surface area contributed by atoms with Gasteiger partial charge in [0.05, 0.1) is 13.1 Å². The normalized spacial score (nSPS) is 15.4. The second-order valence-electron chi connectivity index (χ2n) is 5.21. The van der Waals surface area contributed by atoms with Crippen LogP contribution >= 0.6 is 0 Å². The number of piperazine rings is 1. The van der Waals surface area contributed by atoms with E-state index < -0.39 is 0 Å². The number of nitrogens with zero attached hydrogens (tertiary/aromatic N) is 9. The molecule has 2 aromatic rings. The molecule has 0 amide bonds. The Hall–Kier alpha value is -3.22. The third-order valence-electron chi connectivity index (χ3n) is 3.68.